The Morgan fingerprint density at radius 2 is 2.16 bits per heavy atom. The zero-order valence-electron chi connectivity index (χ0n) is 13.2. The molecule has 25 heavy (non-hydrogen) atoms. The minimum atomic E-state index is -0.105. The first-order valence-electron chi connectivity index (χ1n) is 7.78. The van der Waals surface area contributed by atoms with Gasteiger partial charge in [-0.25, -0.2) is 0 Å². The Bertz CT molecular complexity index is 1010. The molecule has 0 aliphatic carbocycles. The zero-order chi connectivity index (χ0) is 17.1. The third-order valence-electron chi connectivity index (χ3n) is 3.73. The first-order chi connectivity index (χ1) is 12.3. The van der Waals surface area contributed by atoms with E-state index in [0.29, 0.717) is 18.1 Å². The molecule has 0 spiro atoms. The van der Waals surface area contributed by atoms with Gasteiger partial charge < -0.3 is 9.84 Å². The van der Waals surface area contributed by atoms with Crippen molar-refractivity contribution in [2.75, 3.05) is 5.32 Å². The molecule has 1 amide bonds. The molecule has 0 aliphatic heterocycles. The third kappa shape index (κ3) is 3.41. The van der Waals surface area contributed by atoms with Gasteiger partial charge in [0, 0.05) is 35.4 Å². The predicted octanol–water partition coefficient (Wildman–Crippen LogP) is 3.92. The lowest BCUT2D eigenvalue weighted by atomic mass is 10.1. The van der Waals surface area contributed by atoms with Crippen LogP contribution < -0.4 is 5.32 Å². The summed E-state index contributed by atoms with van der Waals surface area (Å²) in [6, 6.07) is 11.4. The number of carbonyl (C=O) groups excluding carboxylic acids is 1. The van der Waals surface area contributed by atoms with Crippen LogP contribution in [0.4, 0.5) is 5.69 Å². The van der Waals surface area contributed by atoms with Crippen molar-refractivity contribution in [2.45, 2.75) is 12.8 Å². The molecular formula is C18H14N4O2S. The van der Waals surface area contributed by atoms with Gasteiger partial charge in [0.2, 0.25) is 17.6 Å². The summed E-state index contributed by atoms with van der Waals surface area (Å²) in [5.74, 6) is 0.902. The second-order valence-electron chi connectivity index (χ2n) is 5.45. The maximum absolute atomic E-state index is 12.2. The molecule has 1 aromatic carbocycles. The first-order valence-corrected chi connectivity index (χ1v) is 8.72. The van der Waals surface area contributed by atoms with Gasteiger partial charge in [0.05, 0.1) is 11.2 Å². The molecule has 3 aromatic heterocycles. The van der Waals surface area contributed by atoms with Crippen LogP contribution in [0.15, 0.2) is 57.9 Å². The molecule has 124 valence electrons. The van der Waals surface area contributed by atoms with Crippen molar-refractivity contribution in [2.24, 2.45) is 0 Å². The summed E-state index contributed by atoms with van der Waals surface area (Å²) >= 11 is 1.57. The van der Waals surface area contributed by atoms with Gasteiger partial charge in [-0.1, -0.05) is 11.2 Å². The molecule has 4 rings (SSSR count). The van der Waals surface area contributed by atoms with Crippen molar-refractivity contribution in [3.8, 4) is 11.4 Å². The lowest BCUT2D eigenvalue weighted by Crippen LogP contribution is -2.12. The van der Waals surface area contributed by atoms with Crippen molar-refractivity contribution in [3.05, 3.63) is 59.2 Å². The number of amides is 1. The Morgan fingerprint density at radius 1 is 1.20 bits per heavy atom. The van der Waals surface area contributed by atoms with Gasteiger partial charge in [-0.15, -0.1) is 0 Å². The molecule has 6 nitrogen and oxygen atoms in total. The van der Waals surface area contributed by atoms with Gasteiger partial charge in [-0.3, -0.25) is 9.78 Å². The quantitative estimate of drug-likeness (QED) is 0.590. The van der Waals surface area contributed by atoms with Gasteiger partial charge in [0.15, 0.2) is 0 Å². The molecule has 0 atom stereocenters. The highest BCUT2D eigenvalue weighted by molar-refractivity contribution is 7.08. The summed E-state index contributed by atoms with van der Waals surface area (Å²) in [5, 5.41) is 11.7. The van der Waals surface area contributed by atoms with Gasteiger partial charge in [0.25, 0.3) is 0 Å². The van der Waals surface area contributed by atoms with Crippen LogP contribution >= 0.6 is 11.3 Å². The number of hydrogen-bond donors (Lipinski definition) is 1. The highest BCUT2D eigenvalue weighted by Gasteiger charge is 2.12. The molecule has 0 radical (unpaired) electrons. The summed E-state index contributed by atoms with van der Waals surface area (Å²) in [7, 11) is 0. The van der Waals surface area contributed by atoms with Crippen LogP contribution in [-0.2, 0) is 11.2 Å². The average Bonchev–Trinajstić information content (AvgIpc) is 3.32. The standard InChI is InChI=1S/C18H14N4O2S/c23-16(20-15-5-1-4-14-13(15)3-2-9-19-14)6-7-17-21-18(22-24-17)12-8-10-25-11-12/h1-5,8-11H,6-7H2,(H,20,23). The van der Waals surface area contributed by atoms with Crippen LogP contribution in [0.3, 0.4) is 0 Å². The summed E-state index contributed by atoms with van der Waals surface area (Å²) < 4.78 is 5.21. The van der Waals surface area contributed by atoms with E-state index < -0.39 is 0 Å². The number of carbonyl (C=O) groups is 1. The highest BCUT2D eigenvalue weighted by atomic mass is 32.1. The second kappa shape index (κ2) is 6.82. The number of aromatic nitrogens is 3. The lowest BCUT2D eigenvalue weighted by molar-refractivity contribution is -0.116. The summed E-state index contributed by atoms with van der Waals surface area (Å²) in [6.45, 7) is 0. The highest BCUT2D eigenvalue weighted by Crippen LogP contribution is 2.22. The topological polar surface area (TPSA) is 80.9 Å². The van der Waals surface area contributed by atoms with E-state index >= 15 is 0 Å². The summed E-state index contributed by atoms with van der Waals surface area (Å²) in [4.78, 5) is 20.9. The lowest BCUT2D eigenvalue weighted by Gasteiger charge is -2.07. The van der Waals surface area contributed by atoms with Crippen molar-refractivity contribution in [1.82, 2.24) is 15.1 Å². The van der Waals surface area contributed by atoms with E-state index in [0.717, 1.165) is 22.2 Å². The Hall–Kier alpha value is -3.06. The molecule has 0 fully saturated rings. The molecule has 4 aromatic rings. The van der Waals surface area contributed by atoms with Crippen molar-refractivity contribution in [1.29, 1.82) is 0 Å². The van der Waals surface area contributed by atoms with Crippen LogP contribution in [-0.4, -0.2) is 21.0 Å². The Kier molecular flexibility index (Phi) is 4.22. The SMILES string of the molecule is O=C(CCc1nc(-c2ccsc2)no1)Nc1cccc2ncccc12. The van der Waals surface area contributed by atoms with Gasteiger partial charge in [0.1, 0.15) is 0 Å². The molecule has 0 saturated heterocycles. The van der Waals surface area contributed by atoms with Crippen molar-refractivity contribution >= 4 is 33.8 Å². The summed E-state index contributed by atoms with van der Waals surface area (Å²) in [5.41, 5.74) is 2.52. The van der Waals surface area contributed by atoms with Crippen molar-refractivity contribution < 1.29 is 9.32 Å². The molecule has 3 heterocycles. The normalized spacial score (nSPS) is 10.9. The number of hydrogen-bond acceptors (Lipinski definition) is 6. The fraction of sp³-hybridized carbons (Fsp3) is 0.111. The molecule has 0 saturated carbocycles. The van der Waals surface area contributed by atoms with Gasteiger partial charge in [-0.05, 0) is 35.7 Å². The van der Waals surface area contributed by atoms with E-state index in [9.17, 15) is 4.79 Å². The fourth-order valence-electron chi connectivity index (χ4n) is 2.51. The van der Waals surface area contributed by atoms with Crippen molar-refractivity contribution in [3.63, 3.8) is 0 Å². The summed E-state index contributed by atoms with van der Waals surface area (Å²) in [6.07, 6.45) is 2.39. The smallest absolute Gasteiger partial charge is 0.227 e. The molecule has 7 heteroatoms. The Morgan fingerprint density at radius 3 is 3.04 bits per heavy atom. The maximum Gasteiger partial charge on any atom is 0.227 e. The minimum Gasteiger partial charge on any atom is -0.339 e. The fourth-order valence-corrected chi connectivity index (χ4v) is 3.15. The van der Waals surface area contributed by atoms with E-state index in [1.54, 1.807) is 17.5 Å². The second-order valence-corrected chi connectivity index (χ2v) is 6.23. The van der Waals surface area contributed by atoms with Crippen LogP contribution in [0.2, 0.25) is 0 Å². The first kappa shape index (κ1) is 15.5. The third-order valence-corrected chi connectivity index (χ3v) is 4.42. The molecule has 0 bridgehead atoms. The molecule has 1 N–H and O–H groups in total. The number of thiophene rings is 1. The van der Waals surface area contributed by atoms with E-state index in [1.165, 1.54) is 0 Å². The number of nitrogens with zero attached hydrogens (tertiary/aromatic N) is 3. The van der Waals surface area contributed by atoms with Gasteiger partial charge in [-0.2, -0.15) is 16.3 Å². The van der Waals surface area contributed by atoms with E-state index in [2.05, 4.69) is 20.4 Å². The largest absolute Gasteiger partial charge is 0.339 e. The van der Waals surface area contributed by atoms with Crippen LogP contribution in [0.5, 0.6) is 0 Å². The number of fused-ring (bicyclic) bond motifs is 1. The average molecular weight is 350 g/mol. The van der Waals surface area contributed by atoms with E-state index in [-0.39, 0.29) is 12.3 Å². The minimum absolute atomic E-state index is 0.105. The number of pyridine rings is 1. The predicted molar refractivity (Wildman–Crippen MR) is 96.3 cm³/mol. The van der Waals surface area contributed by atoms with Crippen LogP contribution in [0.25, 0.3) is 22.3 Å². The van der Waals surface area contributed by atoms with Crippen LogP contribution in [0.1, 0.15) is 12.3 Å². The molecule has 0 aliphatic rings. The number of nitrogens with one attached hydrogen (secondary N) is 1. The molecule has 0 unspecified atom stereocenters. The maximum atomic E-state index is 12.2. The van der Waals surface area contributed by atoms with Crippen LogP contribution in [0, 0.1) is 0 Å². The molecular weight excluding hydrogens is 336 g/mol. The Balaban J connectivity index is 1.41. The number of aryl methyl sites for hydroxylation is 1. The van der Waals surface area contributed by atoms with E-state index in [4.69, 9.17) is 4.52 Å². The number of anilines is 1. The monoisotopic (exact) mass is 350 g/mol. The number of rotatable bonds is 5. The number of benzene rings is 1. The zero-order valence-corrected chi connectivity index (χ0v) is 14.0. The van der Waals surface area contributed by atoms with E-state index in [1.807, 2.05) is 47.2 Å². The van der Waals surface area contributed by atoms with Gasteiger partial charge >= 0.3 is 0 Å². The Labute approximate surface area is 147 Å².